The summed E-state index contributed by atoms with van der Waals surface area (Å²) in [6.45, 7) is 0. The lowest BCUT2D eigenvalue weighted by molar-refractivity contribution is 1.63. The van der Waals surface area contributed by atoms with E-state index in [0.717, 1.165) is 0 Å². The molecule has 10 rings (SSSR count). The van der Waals surface area contributed by atoms with Gasteiger partial charge in [0.15, 0.2) is 0 Å². The molecule has 0 radical (unpaired) electrons. The number of hydrogen-bond acceptors (Lipinski definition) is 2. The first-order valence-corrected chi connectivity index (χ1v) is 17.3. The second-order valence-electron chi connectivity index (χ2n) is 12.0. The molecule has 10 aromatic rings. The summed E-state index contributed by atoms with van der Waals surface area (Å²) in [6.07, 6.45) is 0. The third-order valence-electron chi connectivity index (χ3n) is 9.51. The second-order valence-corrected chi connectivity index (χ2v) is 14.3. The predicted molar refractivity (Wildman–Crippen MR) is 204 cm³/mol. The van der Waals surface area contributed by atoms with Crippen molar-refractivity contribution in [1.82, 2.24) is 0 Å². The van der Waals surface area contributed by atoms with Gasteiger partial charge < -0.3 is 0 Å². The smallest absolute Gasteiger partial charge is 0.0890 e. The highest BCUT2D eigenvalue weighted by molar-refractivity contribution is 7.44. The SMILES string of the molecule is c1ccc(-c2c3ccccc3c(-c3ccc4sc5sc6ccccc6c5c4c3)c3ccccc23)c(-c2cccc3ccccc23)c1. The molecular weight excluding hydrogens is 593 g/mol. The van der Waals surface area contributed by atoms with Gasteiger partial charge in [0.1, 0.15) is 0 Å². The molecule has 46 heavy (non-hydrogen) atoms. The summed E-state index contributed by atoms with van der Waals surface area (Å²) >= 11 is 3.83. The Morgan fingerprint density at radius 1 is 0.326 bits per heavy atom. The first kappa shape index (κ1) is 26.0. The molecule has 0 spiro atoms. The molecule has 0 saturated carbocycles. The summed E-state index contributed by atoms with van der Waals surface area (Å²) in [6, 6.07) is 58.3. The molecule has 0 amide bonds. The van der Waals surface area contributed by atoms with Crippen LogP contribution in [0.25, 0.3) is 95.3 Å². The van der Waals surface area contributed by atoms with Gasteiger partial charge in [-0.3, -0.25) is 0 Å². The molecule has 0 aliphatic rings. The maximum absolute atomic E-state index is 2.45. The van der Waals surface area contributed by atoms with Crippen molar-refractivity contribution >= 4 is 84.6 Å². The Morgan fingerprint density at radius 3 is 1.59 bits per heavy atom. The van der Waals surface area contributed by atoms with Crippen LogP contribution in [0.2, 0.25) is 0 Å². The van der Waals surface area contributed by atoms with Gasteiger partial charge >= 0.3 is 0 Å². The van der Waals surface area contributed by atoms with E-state index in [0.29, 0.717) is 0 Å². The fourth-order valence-corrected chi connectivity index (χ4v) is 10.1. The fraction of sp³-hybridized carbons (Fsp3) is 0. The fourth-order valence-electron chi connectivity index (χ4n) is 7.55. The van der Waals surface area contributed by atoms with Gasteiger partial charge in [0.25, 0.3) is 0 Å². The van der Waals surface area contributed by atoms with E-state index in [-0.39, 0.29) is 0 Å². The van der Waals surface area contributed by atoms with Gasteiger partial charge in [-0.15, -0.1) is 22.7 Å². The minimum atomic E-state index is 1.26. The summed E-state index contributed by atoms with van der Waals surface area (Å²) in [4.78, 5) is 0. The Morgan fingerprint density at radius 2 is 0.848 bits per heavy atom. The summed E-state index contributed by atoms with van der Waals surface area (Å²) in [5.74, 6) is 0. The molecule has 0 atom stereocenters. The van der Waals surface area contributed by atoms with E-state index in [9.17, 15) is 0 Å². The van der Waals surface area contributed by atoms with Crippen molar-refractivity contribution in [3.05, 3.63) is 158 Å². The lowest BCUT2D eigenvalue weighted by Crippen LogP contribution is -1.93. The number of hydrogen-bond donors (Lipinski definition) is 0. The van der Waals surface area contributed by atoms with Crippen LogP contribution in [0.1, 0.15) is 0 Å². The minimum absolute atomic E-state index is 1.26. The molecule has 2 aromatic heterocycles. The Bertz CT molecular complexity index is 2750. The summed E-state index contributed by atoms with van der Waals surface area (Å²) in [7, 11) is 0. The Hall–Kier alpha value is -5.28. The average Bonchev–Trinajstić information content (AvgIpc) is 3.66. The number of benzene rings is 8. The third-order valence-corrected chi connectivity index (χ3v) is 11.9. The molecule has 0 bridgehead atoms. The molecule has 2 heterocycles. The quantitative estimate of drug-likeness (QED) is 0.173. The molecule has 0 N–H and O–H groups in total. The normalized spacial score (nSPS) is 11.9. The van der Waals surface area contributed by atoms with E-state index in [2.05, 4.69) is 158 Å². The van der Waals surface area contributed by atoms with Crippen LogP contribution in [-0.4, -0.2) is 0 Å². The average molecular weight is 619 g/mol. The van der Waals surface area contributed by atoms with E-state index in [1.54, 1.807) is 0 Å². The van der Waals surface area contributed by atoms with Crippen LogP contribution in [0.15, 0.2) is 158 Å². The minimum Gasteiger partial charge on any atom is -0.124 e. The van der Waals surface area contributed by atoms with Crippen LogP contribution in [0.3, 0.4) is 0 Å². The Balaban J connectivity index is 1.29. The van der Waals surface area contributed by atoms with Crippen LogP contribution < -0.4 is 0 Å². The lowest BCUT2D eigenvalue weighted by atomic mass is 9.83. The van der Waals surface area contributed by atoms with Crippen LogP contribution in [0, 0.1) is 0 Å². The van der Waals surface area contributed by atoms with Crippen molar-refractivity contribution in [2.75, 3.05) is 0 Å². The summed E-state index contributed by atoms with van der Waals surface area (Å²) in [5.41, 5.74) is 7.65. The Kier molecular flexibility index (Phi) is 5.72. The van der Waals surface area contributed by atoms with Crippen molar-refractivity contribution in [1.29, 1.82) is 0 Å². The molecular formula is C44H26S2. The van der Waals surface area contributed by atoms with Gasteiger partial charge in [0.05, 0.1) is 4.01 Å². The van der Waals surface area contributed by atoms with E-state index >= 15 is 0 Å². The van der Waals surface area contributed by atoms with Gasteiger partial charge in [-0.2, -0.15) is 0 Å². The highest BCUT2D eigenvalue weighted by atomic mass is 32.2. The zero-order valence-electron chi connectivity index (χ0n) is 24.8. The monoisotopic (exact) mass is 618 g/mol. The highest BCUT2D eigenvalue weighted by Crippen LogP contribution is 2.49. The topological polar surface area (TPSA) is 0 Å². The molecule has 0 aliphatic carbocycles. The van der Waals surface area contributed by atoms with Gasteiger partial charge in [-0.05, 0) is 83.9 Å². The summed E-state index contributed by atoms with van der Waals surface area (Å²) < 4.78 is 4.12. The summed E-state index contributed by atoms with van der Waals surface area (Å²) in [5, 5.41) is 11.8. The molecule has 0 nitrogen and oxygen atoms in total. The number of thiophene rings is 2. The van der Waals surface area contributed by atoms with Crippen molar-refractivity contribution in [2.45, 2.75) is 0 Å². The van der Waals surface area contributed by atoms with E-state index in [1.165, 1.54) is 95.3 Å². The zero-order chi connectivity index (χ0) is 30.2. The van der Waals surface area contributed by atoms with Crippen molar-refractivity contribution in [2.24, 2.45) is 0 Å². The predicted octanol–water partition coefficient (Wildman–Crippen LogP) is 13.7. The van der Waals surface area contributed by atoms with Crippen LogP contribution in [0.4, 0.5) is 0 Å². The van der Waals surface area contributed by atoms with Crippen LogP contribution in [-0.2, 0) is 0 Å². The van der Waals surface area contributed by atoms with Crippen molar-refractivity contribution in [3.8, 4) is 33.4 Å². The van der Waals surface area contributed by atoms with Crippen molar-refractivity contribution < 1.29 is 0 Å². The maximum atomic E-state index is 2.45. The first-order valence-electron chi connectivity index (χ1n) is 15.7. The molecule has 0 fully saturated rings. The van der Waals surface area contributed by atoms with Gasteiger partial charge in [-0.1, -0.05) is 140 Å². The number of fused-ring (bicyclic) bond motifs is 8. The molecule has 0 unspecified atom stereocenters. The molecule has 0 aliphatic heterocycles. The van der Waals surface area contributed by atoms with Gasteiger partial charge in [0.2, 0.25) is 0 Å². The van der Waals surface area contributed by atoms with E-state index < -0.39 is 0 Å². The van der Waals surface area contributed by atoms with E-state index in [1.807, 2.05) is 22.7 Å². The molecule has 0 saturated heterocycles. The maximum Gasteiger partial charge on any atom is 0.0890 e. The first-order chi connectivity index (χ1) is 22.8. The highest BCUT2D eigenvalue weighted by Gasteiger charge is 2.20. The second kappa shape index (κ2) is 10.1. The van der Waals surface area contributed by atoms with Crippen LogP contribution >= 0.6 is 22.7 Å². The van der Waals surface area contributed by atoms with E-state index in [4.69, 9.17) is 0 Å². The lowest BCUT2D eigenvalue weighted by Gasteiger charge is -2.20. The standard InChI is InChI=1S/C44H26S2/c1-2-14-29-27(12-1)13-11-22-30(29)31-15-3-4-16-32(31)42-35-19-7-5-17-33(35)41(34-18-6-8-20-36(34)42)28-24-25-40-38(26-28)43-37-21-9-10-23-39(37)45-44(43)46-40/h1-26H. The van der Waals surface area contributed by atoms with Crippen LogP contribution in [0.5, 0.6) is 0 Å². The molecule has 8 aromatic carbocycles. The number of rotatable bonds is 3. The Labute approximate surface area is 274 Å². The molecule has 214 valence electrons. The largest absolute Gasteiger partial charge is 0.124 e. The van der Waals surface area contributed by atoms with Crippen molar-refractivity contribution in [3.63, 3.8) is 0 Å². The molecule has 2 heteroatoms. The third kappa shape index (κ3) is 3.78. The van der Waals surface area contributed by atoms with Gasteiger partial charge in [0, 0.05) is 25.6 Å². The zero-order valence-corrected chi connectivity index (χ0v) is 26.5. The van der Waals surface area contributed by atoms with Gasteiger partial charge in [-0.25, -0.2) is 0 Å².